The monoisotopic (exact) mass is 477 g/mol. The number of urea groups is 1. The zero-order valence-corrected chi connectivity index (χ0v) is 17.9. The van der Waals surface area contributed by atoms with Crippen molar-refractivity contribution >= 4 is 34.7 Å². The van der Waals surface area contributed by atoms with Gasteiger partial charge in [-0.3, -0.25) is 4.90 Å². The van der Waals surface area contributed by atoms with Gasteiger partial charge in [0.05, 0.1) is 52.6 Å². The maximum absolute atomic E-state index is 14.2. The first kappa shape index (κ1) is 21.1. The molecule has 2 amide bonds. The summed E-state index contributed by atoms with van der Waals surface area (Å²) in [6.07, 6.45) is 0.805. The number of anilines is 2. The smallest absolute Gasteiger partial charge is 0.306 e. The number of carbonyl (C=O) groups is 1. The van der Waals surface area contributed by atoms with Crippen LogP contribution in [0, 0.1) is 6.92 Å². The minimum absolute atomic E-state index is 0.0133. The van der Waals surface area contributed by atoms with Gasteiger partial charge in [0.2, 0.25) is 0 Å². The largest absolute Gasteiger partial charge is 0.401 e. The molecule has 14 heteroatoms. The molecule has 4 aromatic heterocycles. The number of nitrogens with one attached hydrogen (secondary N) is 1. The number of halogens is 4. The van der Waals surface area contributed by atoms with E-state index in [1.807, 2.05) is 0 Å². The number of nitrogens with zero attached hydrogens (tertiary/aromatic N) is 8. The Morgan fingerprint density at radius 1 is 1.18 bits per heavy atom. The SMILES string of the molecule is Cc1cc2ncc3c(n2n1)C(C)(C(F)(F)F)CN3C(=O)Nc1cnc(-n2nccn2)c(Cl)c1. The van der Waals surface area contributed by atoms with Crippen molar-refractivity contribution in [1.29, 1.82) is 0 Å². The average Bonchev–Trinajstić information content (AvgIpc) is 3.45. The van der Waals surface area contributed by atoms with Gasteiger partial charge in [-0.15, -0.1) is 4.80 Å². The lowest BCUT2D eigenvalue weighted by molar-refractivity contribution is -0.181. The Hall–Kier alpha value is -3.74. The highest BCUT2D eigenvalue weighted by Crippen LogP contribution is 2.49. The Morgan fingerprint density at radius 2 is 1.91 bits per heavy atom. The van der Waals surface area contributed by atoms with Gasteiger partial charge in [0.25, 0.3) is 0 Å². The zero-order chi connectivity index (χ0) is 23.5. The number of rotatable bonds is 2. The maximum atomic E-state index is 14.2. The molecule has 4 aromatic rings. The van der Waals surface area contributed by atoms with E-state index < -0.39 is 24.2 Å². The van der Waals surface area contributed by atoms with Crippen LogP contribution in [0.3, 0.4) is 0 Å². The molecule has 5 rings (SSSR count). The van der Waals surface area contributed by atoms with Crippen molar-refractivity contribution in [1.82, 2.24) is 34.6 Å². The van der Waals surface area contributed by atoms with E-state index in [1.54, 1.807) is 13.0 Å². The van der Waals surface area contributed by atoms with E-state index in [9.17, 15) is 18.0 Å². The van der Waals surface area contributed by atoms with Crippen LogP contribution in [-0.2, 0) is 5.41 Å². The Morgan fingerprint density at radius 3 is 2.58 bits per heavy atom. The summed E-state index contributed by atoms with van der Waals surface area (Å²) in [5.74, 6) is 0.233. The third-order valence-electron chi connectivity index (χ3n) is 5.43. The molecule has 0 bridgehead atoms. The molecular weight excluding hydrogens is 463 g/mol. The van der Waals surface area contributed by atoms with Crippen LogP contribution in [0.15, 0.2) is 36.9 Å². The second-order valence-electron chi connectivity index (χ2n) is 7.74. The maximum Gasteiger partial charge on any atom is 0.401 e. The van der Waals surface area contributed by atoms with Crippen LogP contribution in [0.4, 0.5) is 29.3 Å². The first-order chi connectivity index (χ1) is 15.6. The molecule has 1 unspecified atom stereocenters. The number of hydrogen-bond donors (Lipinski definition) is 1. The number of aromatic nitrogens is 7. The van der Waals surface area contributed by atoms with Gasteiger partial charge in [0, 0.05) is 12.6 Å². The van der Waals surface area contributed by atoms with Gasteiger partial charge in [-0.25, -0.2) is 19.3 Å². The molecule has 1 aliphatic heterocycles. The molecule has 33 heavy (non-hydrogen) atoms. The first-order valence-electron chi connectivity index (χ1n) is 9.62. The molecule has 1 atom stereocenters. The van der Waals surface area contributed by atoms with E-state index in [2.05, 4.69) is 30.6 Å². The second-order valence-corrected chi connectivity index (χ2v) is 8.15. The summed E-state index contributed by atoms with van der Waals surface area (Å²) < 4.78 is 43.7. The normalized spacial score (nSPS) is 18.1. The Bertz CT molecular complexity index is 1390. The predicted octanol–water partition coefficient (Wildman–Crippen LogP) is 3.54. The molecule has 0 aliphatic carbocycles. The number of amides is 2. The van der Waals surface area contributed by atoms with E-state index in [4.69, 9.17) is 11.6 Å². The lowest BCUT2D eigenvalue weighted by Crippen LogP contribution is -2.46. The first-order valence-corrected chi connectivity index (χ1v) is 9.99. The summed E-state index contributed by atoms with van der Waals surface area (Å²) in [6.45, 7) is 2.05. The fraction of sp³-hybridized carbons (Fsp3) is 0.263. The van der Waals surface area contributed by atoms with Crippen molar-refractivity contribution in [3.05, 3.63) is 53.3 Å². The standard InChI is InChI=1S/C19H15ClF3N9O/c1-10-5-14-24-8-13-15(31(14)29-10)18(2,19(21,22)23)9-30(13)17(33)28-11-6-12(20)16(25-7-11)32-26-3-4-27-32/h3-8H,9H2,1-2H3,(H,28,33). The molecule has 10 nitrogen and oxygen atoms in total. The van der Waals surface area contributed by atoms with Crippen LogP contribution in [0.2, 0.25) is 5.02 Å². The number of aryl methyl sites for hydroxylation is 1. The van der Waals surface area contributed by atoms with Crippen molar-refractivity contribution < 1.29 is 18.0 Å². The Labute approximate surface area is 189 Å². The van der Waals surface area contributed by atoms with Crippen molar-refractivity contribution in [3.8, 4) is 5.82 Å². The number of alkyl halides is 3. The van der Waals surface area contributed by atoms with E-state index in [0.29, 0.717) is 5.69 Å². The lowest BCUT2D eigenvalue weighted by atomic mass is 9.88. The summed E-state index contributed by atoms with van der Waals surface area (Å²) in [5, 5.41) is 14.7. The highest BCUT2D eigenvalue weighted by Gasteiger charge is 2.60. The fourth-order valence-electron chi connectivity index (χ4n) is 3.80. The second kappa shape index (κ2) is 7.13. The molecule has 0 fully saturated rings. The molecule has 0 spiro atoms. The number of pyridine rings is 1. The van der Waals surface area contributed by atoms with Gasteiger partial charge in [0.1, 0.15) is 5.41 Å². The third-order valence-corrected chi connectivity index (χ3v) is 5.70. The lowest BCUT2D eigenvalue weighted by Gasteiger charge is -2.28. The van der Waals surface area contributed by atoms with Crippen molar-refractivity contribution in [2.45, 2.75) is 25.4 Å². The number of carbonyl (C=O) groups excluding carboxylic acids is 1. The molecule has 5 heterocycles. The Kier molecular flexibility index (Phi) is 4.57. The van der Waals surface area contributed by atoms with Crippen LogP contribution >= 0.6 is 11.6 Å². The van der Waals surface area contributed by atoms with Crippen LogP contribution in [0.1, 0.15) is 18.3 Å². The quantitative estimate of drug-likeness (QED) is 0.473. The minimum Gasteiger partial charge on any atom is -0.306 e. The minimum atomic E-state index is -4.64. The summed E-state index contributed by atoms with van der Waals surface area (Å²) >= 11 is 6.22. The van der Waals surface area contributed by atoms with Gasteiger partial charge in [-0.1, -0.05) is 11.6 Å². The van der Waals surface area contributed by atoms with E-state index >= 15 is 0 Å². The van der Waals surface area contributed by atoms with Gasteiger partial charge in [0.15, 0.2) is 11.5 Å². The average molecular weight is 478 g/mol. The van der Waals surface area contributed by atoms with Gasteiger partial charge >= 0.3 is 12.2 Å². The molecule has 0 radical (unpaired) electrons. The highest BCUT2D eigenvalue weighted by molar-refractivity contribution is 6.32. The molecule has 0 saturated carbocycles. The number of fused-ring (bicyclic) bond motifs is 3. The predicted molar refractivity (Wildman–Crippen MR) is 112 cm³/mol. The molecule has 1 N–H and O–H groups in total. The summed E-state index contributed by atoms with van der Waals surface area (Å²) in [6, 6.07) is 2.18. The number of hydrogen-bond acceptors (Lipinski definition) is 6. The van der Waals surface area contributed by atoms with Gasteiger partial charge in [-0.05, 0) is 19.9 Å². The topological polar surface area (TPSA) is 106 Å². The zero-order valence-electron chi connectivity index (χ0n) is 17.2. The molecule has 1 aliphatic rings. The molecule has 0 aromatic carbocycles. The van der Waals surface area contributed by atoms with Gasteiger partial charge < -0.3 is 5.32 Å². The summed E-state index contributed by atoms with van der Waals surface area (Å²) in [5.41, 5.74) is -1.53. The van der Waals surface area contributed by atoms with E-state index in [0.717, 1.165) is 16.3 Å². The van der Waals surface area contributed by atoms with Crippen LogP contribution in [0.5, 0.6) is 0 Å². The summed E-state index contributed by atoms with van der Waals surface area (Å²) in [4.78, 5) is 23.5. The molecule has 170 valence electrons. The van der Waals surface area contributed by atoms with E-state index in [1.165, 1.54) is 35.7 Å². The molecular formula is C19H15ClF3N9O. The molecule has 0 saturated heterocycles. The summed E-state index contributed by atoms with van der Waals surface area (Å²) in [7, 11) is 0. The Balaban J connectivity index is 1.51. The van der Waals surface area contributed by atoms with Crippen LogP contribution in [0.25, 0.3) is 11.5 Å². The van der Waals surface area contributed by atoms with Crippen molar-refractivity contribution in [3.63, 3.8) is 0 Å². The van der Waals surface area contributed by atoms with Gasteiger partial charge in [-0.2, -0.15) is 28.5 Å². The fourth-order valence-corrected chi connectivity index (χ4v) is 4.04. The van der Waals surface area contributed by atoms with Crippen molar-refractivity contribution in [2.24, 2.45) is 0 Å². The van der Waals surface area contributed by atoms with E-state index in [-0.39, 0.29) is 33.6 Å². The van der Waals surface area contributed by atoms with Crippen LogP contribution < -0.4 is 10.2 Å². The van der Waals surface area contributed by atoms with Crippen LogP contribution in [-0.4, -0.2) is 53.3 Å². The highest BCUT2D eigenvalue weighted by atomic mass is 35.5. The third kappa shape index (κ3) is 3.26. The van der Waals surface area contributed by atoms with Crippen molar-refractivity contribution in [2.75, 3.05) is 16.8 Å².